The van der Waals surface area contributed by atoms with E-state index in [-0.39, 0.29) is 6.79 Å². The third-order valence-electron chi connectivity index (χ3n) is 3.39. The van der Waals surface area contributed by atoms with Crippen molar-refractivity contribution in [3.8, 4) is 5.75 Å². The van der Waals surface area contributed by atoms with E-state index in [1.807, 2.05) is 37.6 Å². The molecule has 3 rings (SSSR count). The van der Waals surface area contributed by atoms with Gasteiger partial charge in [-0.3, -0.25) is 4.98 Å². The lowest BCUT2D eigenvalue weighted by Crippen LogP contribution is -2.02. The van der Waals surface area contributed by atoms with Crippen LogP contribution in [0.4, 0.5) is 0 Å². The Morgan fingerprint density at radius 3 is 2.86 bits per heavy atom. The summed E-state index contributed by atoms with van der Waals surface area (Å²) in [7, 11) is 0. The van der Waals surface area contributed by atoms with Crippen LogP contribution in [-0.2, 0) is 11.3 Å². The average Bonchev–Trinajstić information content (AvgIpc) is 2.91. The first-order chi connectivity index (χ1) is 10.3. The lowest BCUT2D eigenvalue weighted by atomic mass is 10.2. The maximum Gasteiger partial charge on any atom is 0.189 e. The van der Waals surface area contributed by atoms with E-state index in [1.54, 1.807) is 0 Å². The standard InChI is InChI=1S/C16H19N3O2/c1-3-7-19-10-18-15-9-17-14-6-5-12(21-11-20-4-2)8-13(14)16(15)19/h5-6,8-10H,3-4,7,11H2,1-2H3. The summed E-state index contributed by atoms with van der Waals surface area (Å²) >= 11 is 0. The van der Waals surface area contributed by atoms with Crippen molar-refractivity contribution in [1.29, 1.82) is 0 Å². The topological polar surface area (TPSA) is 49.2 Å². The molecular weight excluding hydrogens is 266 g/mol. The third-order valence-corrected chi connectivity index (χ3v) is 3.39. The van der Waals surface area contributed by atoms with Crippen LogP contribution in [-0.4, -0.2) is 27.9 Å². The van der Waals surface area contributed by atoms with Gasteiger partial charge in [0.2, 0.25) is 0 Å². The number of benzene rings is 1. The first-order valence-corrected chi connectivity index (χ1v) is 7.27. The second kappa shape index (κ2) is 6.10. The largest absolute Gasteiger partial charge is 0.468 e. The van der Waals surface area contributed by atoms with Crippen LogP contribution in [0.2, 0.25) is 0 Å². The molecule has 0 spiro atoms. The maximum atomic E-state index is 5.60. The van der Waals surface area contributed by atoms with Crippen molar-refractivity contribution in [1.82, 2.24) is 14.5 Å². The molecule has 3 aromatic rings. The Bertz CT molecular complexity index is 752. The number of nitrogens with zero attached hydrogens (tertiary/aromatic N) is 3. The fraction of sp³-hybridized carbons (Fsp3) is 0.375. The zero-order valence-corrected chi connectivity index (χ0v) is 12.4. The molecule has 0 atom stereocenters. The zero-order valence-electron chi connectivity index (χ0n) is 12.4. The predicted octanol–water partition coefficient (Wildman–Crippen LogP) is 3.37. The van der Waals surface area contributed by atoms with E-state index >= 15 is 0 Å². The van der Waals surface area contributed by atoms with E-state index in [0.29, 0.717) is 6.61 Å². The quantitative estimate of drug-likeness (QED) is 0.514. The van der Waals surface area contributed by atoms with Crippen LogP contribution in [0.3, 0.4) is 0 Å². The smallest absolute Gasteiger partial charge is 0.189 e. The molecule has 0 saturated heterocycles. The SMILES string of the molecule is CCCn1cnc2cnc3ccc(OCOCC)cc3c21. The van der Waals surface area contributed by atoms with Crippen molar-refractivity contribution in [2.75, 3.05) is 13.4 Å². The average molecular weight is 285 g/mol. The minimum absolute atomic E-state index is 0.264. The fourth-order valence-corrected chi connectivity index (χ4v) is 2.43. The van der Waals surface area contributed by atoms with Crippen LogP contribution in [0.25, 0.3) is 21.9 Å². The Labute approximate surface area is 123 Å². The molecule has 0 saturated carbocycles. The van der Waals surface area contributed by atoms with Gasteiger partial charge < -0.3 is 14.0 Å². The molecule has 0 unspecified atom stereocenters. The van der Waals surface area contributed by atoms with Gasteiger partial charge in [0.15, 0.2) is 6.79 Å². The number of hydrogen-bond acceptors (Lipinski definition) is 4. The summed E-state index contributed by atoms with van der Waals surface area (Å²) in [6, 6.07) is 5.90. The molecule has 21 heavy (non-hydrogen) atoms. The molecule has 2 heterocycles. The molecule has 5 nitrogen and oxygen atoms in total. The lowest BCUT2D eigenvalue weighted by molar-refractivity contribution is 0.0225. The summed E-state index contributed by atoms with van der Waals surface area (Å²) in [5.74, 6) is 0.787. The predicted molar refractivity (Wildman–Crippen MR) is 82.4 cm³/mol. The first-order valence-electron chi connectivity index (χ1n) is 7.27. The van der Waals surface area contributed by atoms with Crippen molar-refractivity contribution in [3.63, 3.8) is 0 Å². The Hall–Kier alpha value is -2.14. The van der Waals surface area contributed by atoms with Gasteiger partial charge in [-0.15, -0.1) is 0 Å². The highest BCUT2D eigenvalue weighted by molar-refractivity contribution is 6.02. The van der Waals surface area contributed by atoms with Gasteiger partial charge >= 0.3 is 0 Å². The fourth-order valence-electron chi connectivity index (χ4n) is 2.43. The van der Waals surface area contributed by atoms with Crippen LogP contribution in [0.1, 0.15) is 20.3 Å². The maximum absolute atomic E-state index is 5.60. The summed E-state index contributed by atoms with van der Waals surface area (Å²) in [6.45, 7) is 5.95. The number of ether oxygens (including phenoxy) is 2. The van der Waals surface area contributed by atoms with E-state index < -0.39 is 0 Å². The number of fused-ring (bicyclic) bond motifs is 3. The highest BCUT2D eigenvalue weighted by Gasteiger charge is 2.09. The van der Waals surface area contributed by atoms with Crippen molar-refractivity contribution in [2.45, 2.75) is 26.8 Å². The molecule has 0 bridgehead atoms. The van der Waals surface area contributed by atoms with E-state index in [0.717, 1.165) is 40.7 Å². The lowest BCUT2D eigenvalue weighted by Gasteiger charge is -2.08. The second-order valence-electron chi connectivity index (χ2n) is 4.86. The first kappa shape index (κ1) is 13.8. The van der Waals surface area contributed by atoms with Gasteiger partial charge in [-0.25, -0.2) is 4.98 Å². The molecular formula is C16H19N3O2. The molecule has 0 aliphatic carbocycles. The molecule has 5 heteroatoms. The monoisotopic (exact) mass is 285 g/mol. The van der Waals surface area contributed by atoms with Gasteiger partial charge in [-0.05, 0) is 31.5 Å². The minimum atomic E-state index is 0.264. The molecule has 0 amide bonds. The zero-order chi connectivity index (χ0) is 14.7. The number of rotatable bonds is 6. The number of pyridine rings is 1. The minimum Gasteiger partial charge on any atom is -0.468 e. The van der Waals surface area contributed by atoms with Crippen LogP contribution in [0.15, 0.2) is 30.7 Å². The summed E-state index contributed by atoms with van der Waals surface area (Å²) in [5.41, 5.74) is 2.98. The van der Waals surface area contributed by atoms with Crippen molar-refractivity contribution in [3.05, 3.63) is 30.7 Å². The molecule has 0 radical (unpaired) electrons. The molecule has 1 aromatic carbocycles. The molecule has 0 aliphatic rings. The number of hydrogen-bond donors (Lipinski definition) is 0. The highest BCUT2D eigenvalue weighted by Crippen LogP contribution is 2.27. The molecule has 0 aliphatic heterocycles. The van der Waals surface area contributed by atoms with Crippen molar-refractivity contribution >= 4 is 21.9 Å². The van der Waals surface area contributed by atoms with E-state index in [1.165, 1.54) is 0 Å². The van der Waals surface area contributed by atoms with E-state index in [2.05, 4.69) is 21.5 Å². The van der Waals surface area contributed by atoms with Gasteiger partial charge in [-0.2, -0.15) is 0 Å². The Kier molecular flexibility index (Phi) is 4.01. The van der Waals surface area contributed by atoms with Crippen molar-refractivity contribution in [2.24, 2.45) is 0 Å². The molecule has 110 valence electrons. The Morgan fingerprint density at radius 2 is 2.05 bits per heavy atom. The van der Waals surface area contributed by atoms with E-state index in [9.17, 15) is 0 Å². The number of aromatic nitrogens is 3. The van der Waals surface area contributed by atoms with Crippen LogP contribution < -0.4 is 4.74 Å². The normalized spacial score (nSPS) is 11.3. The van der Waals surface area contributed by atoms with Crippen LogP contribution in [0, 0.1) is 0 Å². The molecule has 0 N–H and O–H groups in total. The van der Waals surface area contributed by atoms with Gasteiger partial charge in [-0.1, -0.05) is 6.92 Å². The van der Waals surface area contributed by atoms with E-state index in [4.69, 9.17) is 9.47 Å². The van der Waals surface area contributed by atoms with Gasteiger partial charge in [0.05, 0.1) is 23.6 Å². The molecule has 0 fully saturated rings. The number of aryl methyl sites for hydroxylation is 1. The van der Waals surface area contributed by atoms with Crippen LogP contribution >= 0.6 is 0 Å². The van der Waals surface area contributed by atoms with Gasteiger partial charge in [0, 0.05) is 18.5 Å². The second-order valence-corrected chi connectivity index (χ2v) is 4.86. The Balaban J connectivity index is 2.07. The summed E-state index contributed by atoms with van der Waals surface area (Å²) in [6.07, 6.45) is 4.77. The summed E-state index contributed by atoms with van der Waals surface area (Å²) in [5, 5.41) is 1.06. The molecule has 2 aromatic heterocycles. The third kappa shape index (κ3) is 2.69. The summed E-state index contributed by atoms with van der Waals surface area (Å²) < 4.78 is 13.0. The Morgan fingerprint density at radius 1 is 1.14 bits per heavy atom. The van der Waals surface area contributed by atoms with Gasteiger partial charge in [0.1, 0.15) is 11.3 Å². The van der Waals surface area contributed by atoms with Gasteiger partial charge in [0.25, 0.3) is 0 Å². The van der Waals surface area contributed by atoms with Crippen molar-refractivity contribution < 1.29 is 9.47 Å². The highest BCUT2D eigenvalue weighted by atomic mass is 16.7. The summed E-state index contributed by atoms with van der Waals surface area (Å²) in [4.78, 5) is 8.89. The number of imidazole rings is 1. The van der Waals surface area contributed by atoms with Crippen LogP contribution in [0.5, 0.6) is 5.75 Å².